The standard InChI is InChI=1S/C16H20ClNO3/c17-14-3-1-12(2-4-14)7-10-21-15(19)16(20)11-18-8-5-13(16)6-9-18/h1-4,13,20H,5-11H2. The third-order valence-corrected chi connectivity index (χ3v) is 4.87. The molecule has 3 heterocycles. The fraction of sp³-hybridized carbons (Fsp3) is 0.562. The molecule has 1 aromatic carbocycles. The van der Waals surface area contributed by atoms with Crippen LogP contribution in [0.25, 0.3) is 0 Å². The van der Waals surface area contributed by atoms with E-state index in [9.17, 15) is 9.90 Å². The van der Waals surface area contributed by atoms with Crippen LogP contribution in [0.3, 0.4) is 0 Å². The van der Waals surface area contributed by atoms with Gasteiger partial charge in [-0.1, -0.05) is 23.7 Å². The number of carbonyl (C=O) groups excluding carboxylic acids is 1. The summed E-state index contributed by atoms with van der Waals surface area (Å²) < 4.78 is 5.32. The third-order valence-electron chi connectivity index (χ3n) is 4.62. The van der Waals surface area contributed by atoms with E-state index >= 15 is 0 Å². The van der Waals surface area contributed by atoms with E-state index in [1.54, 1.807) is 0 Å². The van der Waals surface area contributed by atoms with Crippen molar-refractivity contribution in [3.63, 3.8) is 0 Å². The molecule has 1 unspecified atom stereocenters. The van der Waals surface area contributed by atoms with E-state index in [0.29, 0.717) is 18.0 Å². The highest BCUT2D eigenvalue weighted by Gasteiger charge is 2.51. The predicted molar refractivity (Wildman–Crippen MR) is 80.2 cm³/mol. The van der Waals surface area contributed by atoms with E-state index in [1.165, 1.54) is 0 Å². The van der Waals surface area contributed by atoms with Crippen molar-refractivity contribution in [2.75, 3.05) is 26.2 Å². The highest BCUT2D eigenvalue weighted by atomic mass is 35.5. The van der Waals surface area contributed by atoms with Crippen LogP contribution in [0, 0.1) is 5.92 Å². The van der Waals surface area contributed by atoms with Crippen LogP contribution in [-0.2, 0) is 16.0 Å². The van der Waals surface area contributed by atoms with Crippen molar-refractivity contribution in [1.29, 1.82) is 0 Å². The summed E-state index contributed by atoms with van der Waals surface area (Å²) in [4.78, 5) is 14.4. The number of fused-ring (bicyclic) bond motifs is 3. The molecule has 4 rings (SSSR count). The predicted octanol–water partition coefficient (Wildman–Crippen LogP) is 1.88. The Labute approximate surface area is 129 Å². The van der Waals surface area contributed by atoms with Crippen molar-refractivity contribution in [3.05, 3.63) is 34.9 Å². The number of piperidine rings is 3. The molecule has 1 aromatic rings. The number of aliphatic hydroxyl groups is 1. The molecule has 0 amide bonds. The topological polar surface area (TPSA) is 49.8 Å². The van der Waals surface area contributed by atoms with Gasteiger partial charge in [-0.15, -0.1) is 0 Å². The molecule has 0 aromatic heterocycles. The SMILES string of the molecule is O=C(OCCc1ccc(Cl)cc1)C1(O)CN2CCC1CC2. The number of carbonyl (C=O) groups is 1. The minimum atomic E-state index is -1.31. The summed E-state index contributed by atoms with van der Waals surface area (Å²) in [5.41, 5.74) is -0.246. The van der Waals surface area contributed by atoms with Crippen LogP contribution in [0.1, 0.15) is 18.4 Å². The highest BCUT2D eigenvalue weighted by Crippen LogP contribution is 2.36. The average molecular weight is 310 g/mol. The maximum Gasteiger partial charge on any atom is 0.339 e. The smallest absolute Gasteiger partial charge is 0.339 e. The zero-order valence-corrected chi connectivity index (χ0v) is 12.7. The molecule has 4 nitrogen and oxygen atoms in total. The Balaban J connectivity index is 1.53. The maximum atomic E-state index is 12.2. The molecular weight excluding hydrogens is 290 g/mol. The lowest BCUT2D eigenvalue weighted by Gasteiger charge is -2.48. The second-order valence-corrected chi connectivity index (χ2v) is 6.42. The first-order valence-electron chi connectivity index (χ1n) is 7.44. The van der Waals surface area contributed by atoms with Crippen LogP contribution < -0.4 is 0 Å². The fourth-order valence-corrected chi connectivity index (χ4v) is 3.43. The summed E-state index contributed by atoms with van der Waals surface area (Å²) in [6.07, 6.45) is 2.39. The number of ether oxygens (including phenoxy) is 1. The Morgan fingerprint density at radius 1 is 1.33 bits per heavy atom. The second-order valence-electron chi connectivity index (χ2n) is 5.99. The molecular formula is C16H20ClNO3. The fourth-order valence-electron chi connectivity index (χ4n) is 3.31. The first kappa shape index (κ1) is 14.8. The van der Waals surface area contributed by atoms with Crippen molar-refractivity contribution in [1.82, 2.24) is 4.90 Å². The van der Waals surface area contributed by atoms with Gasteiger partial charge in [0.1, 0.15) is 0 Å². The lowest BCUT2D eigenvalue weighted by Crippen LogP contribution is -2.63. The number of halogens is 1. The Morgan fingerprint density at radius 3 is 2.57 bits per heavy atom. The molecule has 114 valence electrons. The zero-order valence-electron chi connectivity index (χ0n) is 11.9. The highest BCUT2D eigenvalue weighted by molar-refractivity contribution is 6.30. The molecule has 3 aliphatic heterocycles. The molecule has 2 bridgehead atoms. The van der Waals surface area contributed by atoms with Gasteiger partial charge in [-0.25, -0.2) is 4.79 Å². The monoisotopic (exact) mass is 309 g/mol. The lowest BCUT2D eigenvalue weighted by molar-refractivity contribution is -0.186. The van der Waals surface area contributed by atoms with Gasteiger partial charge in [0.25, 0.3) is 0 Å². The minimum Gasteiger partial charge on any atom is -0.463 e. The van der Waals surface area contributed by atoms with Crippen molar-refractivity contribution in [2.24, 2.45) is 5.92 Å². The average Bonchev–Trinajstić information content (AvgIpc) is 2.50. The second kappa shape index (κ2) is 5.95. The van der Waals surface area contributed by atoms with E-state index in [1.807, 2.05) is 24.3 Å². The van der Waals surface area contributed by atoms with Gasteiger partial charge in [0.15, 0.2) is 5.60 Å². The van der Waals surface area contributed by atoms with Crippen molar-refractivity contribution in [2.45, 2.75) is 24.9 Å². The summed E-state index contributed by atoms with van der Waals surface area (Å²) >= 11 is 5.83. The third kappa shape index (κ3) is 3.07. The number of rotatable bonds is 4. The van der Waals surface area contributed by atoms with Gasteiger partial charge in [0.2, 0.25) is 0 Å². The van der Waals surface area contributed by atoms with Crippen molar-refractivity contribution < 1.29 is 14.6 Å². The number of benzene rings is 1. The zero-order chi connectivity index (χ0) is 14.9. The molecule has 0 saturated carbocycles. The minimum absolute atomic E-state index is 0.0468. The van der Waals surface area contributed by atoms with Crippen LogP contribution in [0.15, 0.2) is 24.3 Å². The van der Waals surface area contributed by atoms with Crippen LogP contribution in [0.4, 0.5) is 0 Å². The van der Waals surface area contributed by atoms with E-state index in [-0.39, 0.29) is 12.5 Å². The van der Waals surface area contributed by atoms with Gasteiger partial charge < -0.3 is 9.84 Å². The van der Waals surface area contributed by atoms with Gasteiger partial charge in [-0.2, -0.15) is 0 Å². The van der Waals surface area contributed by atoms with Crippen molar-refractivity contribution in [3.8, 4) is 0 Å². The van der Waals surface area contributed by atoms with E-state index < -0.39 is 11.6 Å². The Morgan fingerprint density at radius 2 is 2.00 bits per heavy atom. The molecule has 1 N–H and O–H groups in total. The summed E-state index contributed by atoms with van der Waals surface area (Å²) in [6.45, 7) is 2.66. The summed E-state index contributed by atoms with van der Waals surface area (Å²) in [6, 6.07) is 7.47. The molecule has 0 radical (unpaired) electrons. The molecule has 3 saturated heterocycles. The molecule has 3 aliphatic rings. The lowest BCUT2D eigenvalue weighted by atomic mass is 9.75. The quantitative estimate of drug-likeness (QED) is 0.863. The van der Waals surface area contributed by atoms with Gasteiger partial charge in [0, 0.05) is 23.9 Å². The molecule has 0 aliphatic carbocycles. The van der Waals surface area contributed by atoms with Crippen LogP contribution >= 0.6 is 11.6 Å². The van der Waals surface area contributed by atoms with E-state index in [4.69, 9.17) is 16.3 Å². The van der Waals surface area contributed by atoms with E-state index in [2.05, 4.69) is 4.90 Å². The maximum absolute atomic E-state index is 12.2. The molecule has 1 atom stereocenters. The summed E-state index contributed by atoms with van der Waals surface area (Å²) in [5, 5.41) is 11.3. The largest absolute Gasteiger partial charge is 0.463 e. The Hall–Kier alpha value is -1.10. The molecule has 0 spiro atoms. The van der Waals surface area contributed by atoms with Crippen LogP contribution in [-0.4, -0.2) is 47.8 Å². The first-order valence-corrected chi connectivity index (χ1v) is 7.82. The Kier molecular flexibility index (Phi) is 4.20. The van der Waals surface area contributed by atoms with Crippen LogP contribution in [0.2, 0.25) is 5.02 Å². The van der Waals surface area contributed by atoms with Gasteiger partial charge >= 0.3 is 5.97 Å². The summed E-state index contributed by atoms with van der Waals surface area (Å²) in [5.74, 6) is -0.420. The van der Waals surface area contributed by atoms with Crippen LogP contribution in [0.5, 0.6) is 0 Å². The Bertz CT molecular complexity index is 511. The van der Waals surface area contributed by atoms with Crippen molar-refractivity contribution >= 4 is 17.6 Å². The number of esters is 1. The number of nitrogens with zero attached hydrogens (tertiary/aromatic N) is 1. The number of hydrogen-bond donors (Lipinski definition) is 1. The normalized spacial score (nSPS) is 31.1. The number of hydrogen-bond acceptors (Lipinski definition) is 4. The molecule has 21 heavy (non-hydrogen) atoms. The van der Waals surface area contributed by atoms with Gasteiger partial charge in [-0.05, 0) is 43.6 Å². The molecule has 5 heteroatoms. The van der Waals surface area contributed by atoms with Gasteiger partial charge in [0.05, 0.1) is 6.61 Å². The summed E-state index contributed by atoms with van der Waals surface area (Å²) in [7, 11) is 0. The van der Waals surface area contributed by atoms with E-state index in [0.717, 1.165) is 31.5 Å². The van der Waals surface area contributed by atoms with Gasteiger partial charge in [-0.3, -0.25) is 4.90 Å². The first-order chi connectivity index (χ1) is 10.1. The molecule has 3 fully saturated rings.